The first-order chi connectivity index (χ1) is 11.5. The number of nitrogens with one attached hydrogen (secondary N) is 1. The van der Waals surface area contributed by atoms with Crippen molar-refractivity contribution >= 4 is 17.4 Å². The molecule has 2 aromatic rings. The molecule has 0 bridgehead atoms. The summed E-state index contributed by atoms with van der Waals surface area (Å²) in [6.45, 7) is 5.29. The van der Waals surface area contributed by atoms with Gasteiger partial charge < -0.3 is 15.3 Å². The lowest BCUT2D eigenvalue weighted by molar-refractivity contribution is 0.0488. The van der Waals surface area contributed by atoms with Crippen LogP contribution in [0.2, 0.25) is 0 Å². The molecule has 1 aromatic heterocycles. The molecule has 2 heterocycles. The quantitative estimate of drug-likeness (QED) is 0.888. The van der Waals surface area contributed by atoms with Gasteiger partial charge in [-0.3, -0.25) is 0 Å². The highest BCUT2D eigenvalue weighted by molar-refractivity contribution is 7.11. The summed E-state index contributed by atoms with van der Waals surface area (Å²) in [5.74, 6) is 0. The van der Waals surface area contributed by atoms with Gasteiger partial charge in [-0.05, 0) is 31.4 Å². The summed E-state index contributed by atoms with van der Waals surface area (Å²) in [5, 5.41) is 23.7. The van der Waals surface area contributed by atoms with Gasteiger partial charge >= 0.3 is 6.03 Å². The number of carbonyl (C=O) groups excluding carboxylic acids is 1. The Hall–Kier alpha value is -1.99. The first kappa shape index (κ1) is 16.9. The average molecular weight is 346 g/mol. The summed E-state index contributed by atoms with van der Waals surface area (Å²) in [5.41, 5.74) is 0.998. The van der Waals surface area contributed by atoms with Gasteiger partial charge in [-0.25, -0.2) is 4.79 Å². The molecule has 0 saturated carbocycles. The van der Waals surface area contributed by atoms with Crippen molar-refractivity contribution < 1.29 is 9.90 Å². The summed E-state index contributed by atoms with van der Waals surface area (Å²) in [7, 11) is 0. The normalized spacial score (nSPS) is 20.4. The zero-order valence-electron chi connectivity index (χ0n) is 14.0. The minimum absolute atomic E-state index is 0.138. The number of carbonyl (C=O) groups is 1. The number of hydrogen-bond acceptors (Lipinski definition) is 5. The molecular weight excluding hydrogens is 324 g/mol. The van der Waals surface area contributed by atoms with Gasteiger partial charge in [0.15, 0.2) is 0 Å². The molecule has 1 atom stereocenters. The van der Waals surface area contributed by atoms with Crippen LogP contribution in [0.4, 0.5) is 4.79 Å². The van der Waals surface area contributed by atoms with Gasteiger partial charge in [-0.1, -0.05) is 24.3 Å². The number of urea groups is 1. The second kappa shape index (κ2) is 6.86. The van der Waals surface area contributed by atoms with Crippen LogP contribution < -0.4 is 5.32 Å². The van der Waals surface area contributed by atoms with Crippen molar-refractivity contribution in [3.8, 4) is 0 Å². The Bertz CT molecular complexity index is 733. The zero-order chi connectivity index (χ0) is 17.2. The van der Waals surface area contributed by atoms with Crippen LogP contribution in [-0.4, -0.2) is 45.9 Å². The monoisotopic (exact) mass is 346 g/mol. The fourth-order valence-electron chi connectivity index (χ4n) is 3.11. The number of rotatable bonds is 4. The van der Waals surface area contributed by atoms with Gasteiger partial charge in [0, 0.05) is 19.5 Å². The van der Waals surface area contributed by atoms with Crippen LogP contribution in [0.5, 0.6) is 0 Å². The number of aryl methyl sites for hydroxylation is 2. The summed E-state index contributed by atoms with van der Waals surface area (Å²) < 4.78 is 0. The van der Waals surface area contributed by atoms with Crippen molar-refractivity contribution in [3.63, 3.8) is 0 Å². The van der Waals surface area contributed by atoms with Crippen LogP contribution >= 0.6 is 11.3 Å². The maximum atomic E-state index is 12.3. The molecule has 1 aliphatic rings. The Balaban J connectivity index is 1.55. The van der Waals surface area contributed by atoms with Crippen LogP contribution in [-0.2, 0) is 12.0 Å². The molecule has 2 amide bonds. The van der Waals surface area contributed by atoms with Crippen molar-refractivity contribution in [2.75, 3.05) is 19.6 Å². The van der Waals surface area contributed by atoms with E-state index < -0.39 is 5.60 Å². The van der Waals surface area contributed by atoms with Crippen LogP contribution in [0.15, 0.2) is 24.3 Å². The molecule has 0 radical (unpaired) electrons. The number of benzene rings is 1. The lowest BCUT2D eigenvalue weighted by Gasteiger charge is -2.25. The molecule has 7 heteroatoms. The molecule has 3 rings (SSSR count). The van der Waals surface area contributed by atoms with E-state index in [-0.39, 0.29) is 6.03 Å². The molecule has 2 N–H and O–H groups in total. The smallest absolute Gasteiger partial charge is 0.317 e. The molecule has 24 heavy (non-hydrogen) atoms. The highest BCUT2D eigenvalue weighted by atomic mass is 32.1. The van der Waals surface area contributed by atoms with E-state index in [4.69, 9.17) is 0 Å². The lowest BCUT2D eigenvalue weighted by atomic mass is 9.89. The molecule has 1 saturated heterocycles. The molecule has 0 spiro atoms. The predicted molar refractivity (Wildman–Crippen MR) is 93.0 cm³/mol. The molecule has 1 aliphatic heterocycles. The second-order valence-corrected chi connectivity index (χ2v) is 7.48. The van der Waals surface area contributed by atoms with E-state index in [1.165, 1.54) is 0 Å². The number of aliphatic hydroxyl groups is 1. The topological polar surface area (TPSA) is 78.4 Å². The lowest BCUT2D eigenvalue weighted by Crippen LogP contribution is -2.41. The summed E-state index contributed by atoms with van der Waals surface area (Å²) in [4.78, 5) is 14.0. The predicted octanol–water partition coefficient (Wildman–Crippen LogP) is 2.00. The highest BCUT2D eigenvalue weighted by Gasteiger charge is 2.40. The first-order valence-electron chi connectivity index (χ1n) is 8.08. The molecule has 1 fully saturated rings. The van der Waals surface area contributed by atoms with E-state index in [2.05, 4.69) is 15.5 Å². The van der Waals surface area contributed by atoms with E-state index in [0.29, 0.717) is 32.5 Å². The molecule has 0 aliphatic carbocycles. The van der Waals surface area contributed by atoms with Crippen LogP contribution in [0.25, 0.3) is 0 Å². The Kier molecular flexibility index (Phi) is 4.82. The van der Waals surface area contributed by atoms with Gasteiger partial charge in [-0.15, -0.1) is 21.5 Å². The Morgan fingerprint density at radius 3 is 2.88 bits per heavy atom. The highest BCUT2D eigenvalue weighted by Crippen LogP contribution is 2.33. The maximum absolute atomic E-state index is 12.3. The zero-order valence-corrected chi connectivity index (χ0v) is 14.8. The van der Waals surface area contributed by atoms with Crippen LogP contribution in [0, 0.1) is 13.8 Å². The van der Waals surface area contributed by atoms with Crippen molar-refractivity contribution in [2.45, 2.75) is 32.3 Å². The van der Waals surface area contributed by atoms with E-state index in [9.17, 15) is 9.90 Å². The van der Waals surface area contributed by atoms with Gasteiger partial charge in [0.1, 0.15) is 15.6 Å². The minimum atomic E-state index is -0.959. The van der Waals surface area contributed by atoms with E-state index in [1.807, 2.05) is 38.1 Å². The summed E-state index contributed by atoms with van der Waals surface area (Å²) >= 11 is 1.54. The minimum Gasteiger partial charge on any atom is -0.383 e. The number of amides is 2. The van der Waals surface area contributed by atoms with Crippen molar-refractivity contribution in [3.05, 3.63) is 45.4 Å². The third-order valence-electron chi connectivity index (χ3n) is 4.36. The second-order valence-electron chi connectivity index (χ2n) is 6.21. The number of likely N-dealkylation sites (tertiary alicyclic amines) is 1. The molecule has 0 unspecified atom stereocenters. The number of β-amino-alcohol motifs (C(OH)–C–C–N with tert-alkyl or cyclic N) is 1. The van der Waals surface area contributed by atoms with E-state index >= 15 is 0 Å². The largest absolute Gasteiger partial charge is 0.383 e. The Morgan fingerprint density at radius 1 is 1.38 bits per heavy atom. The molecular formula is C17H22N4O2S. The van der Waals surface area contributed by atoms with Gasteiger partial charge in [0.05, 0.1) is 6.54 Å². The van der Waals surface area contributed by atoms with Crippen LogP contribution in [0.3, 0.4) is 0 Å². The molecule has 128 valence electrons. The van der Waals surface area contributed by atoms with Crippen molar-refractivity contribution in [1.82, 2.24) is 20.4 Å². The van der Waals surface area contributed by atoms with E-state index in [0.717, 1.165) is 21.1 Å². The SMILES string of the molecule is Cc1nnc(CCNC(=O)N2CC[C@@](O)(c3ccccc3C)C2)s1. The molecule has 6 nitrogen and oxygen atoms in total. The Labute approximate surface area is 145 Å². The Morgan fingerprint density at radius 2 is 2.17 bits per heavy atom. The van der Waals surface area contributed by atoms with E-state index in [1.54, 1.807) is 16.2 Å². The number of hydrogen-bond donors (Lipinski definition) is 2. The third-order valence-corrected chi connectivity index (χ3v) is 5.26. The summed E-state index contributed by atoms with van der Waals surface area (Å²) in [6.07, 6.45) is 1.23. The van der Waals surface area contributed by atoms with Gasteiger partial charge in [0.2, 0.25) is 0 Å². The standard InChI is InChI=1S/C17H22N4O2S/c1-12-5-3-4-6-14(12)17(23)8-10-21(11-17)16(22)18-9-7-15-20-19-13(2)24-15/h3-6,23H,7-11H2,1-2H3,(H,18,22)/t17-/m0/s1. The van der Waals surface area contributed by atoms with Crippen molar-refractivity contribution in [1.29, 1.82) is 0 Å². The average Bonchev–Trinajstić information content (AvgIpc) is 3.14. The van der Waals surface area contributed by atoms with Gasteiger partial charge in [0.25, 0.3) is 0 Å². The number of nitrogens with zero attached hydrogens (tertiary/aromatic N) is 3. The van der Waals surface area contributed by atoms with Crippen LogP contribution in [0.1, 0.15) is 27.6 Å². The fraction of sp³-hybridized carbons (Fsp3) is 0.471. The third kappa shape index (κ3) is 3.57. The maximum Gasteiger partial charge on any atom is 0.317 e. The summed E-state index contributed by atoms with van der Waals surface area (Å²) in [6, 6.07) is 7.67. The van der Waals surface area contributed by atoms with Crippen molar-refractivity contribution in [2.24, 2.45) is 0 Å². The molecule has 1 aromatic carbocycles. The van der Waals surface area contributed by atoms with Gasteiger partial charge in [-0.2, -0.15) is 0 Å². The number of aromatic nitrogens is 2. The first-order valence-corrected chi connectivity index (χ1v) is 8.90. The fourth-order valence-corrected chi connectivity index (χ4v) is 3.82.